The van der Waals surface area contributed by atoms with Gasteiger partial charge in [-0.15, -0.1) is 0 Å². The Kier molecular flexibility index (Phi) is 5.15. The van der Waals surface area contributed by atoms with E-state index in [2.05, 4.69) is 15.0 Å². The van der Waals surface area contributed by atoms with Gasteiger partial charge < -0.3 is 9.64 Å². The molecule has 0 unspecified atom stereocenters. The maximum absolute atomic E-state index is 12.5. The Labute approximate surface area is 141 Å². The van der Waals surface area contributed by atoms with Crippen molar-refractivity contribution in [3.05, 3.63) is 53.4 Å². The number of aryl methyl sites for hydroxylation is 3. The average Bonchev–Trinajstić information content (AvgIpc) is 2.60. The second kappa shape index (κ2) is 7.49. The molecular weight excluding hydrogens is 304 g/mol. The molecule has 3 heterocycles. The molecule has 1 aliphatic rings. The van der Waals surface area contributed by atoms with Crippen LogP contribution in [0.5, 0.6) is 0 Å². The fourth-order valence-electron chi connectivity index (χ4n) is 2.92. The van der Waals surface area contributed by atoms with Crippen LogP contribution in [0.15, 0.2) is 30.6 Å². The molecule has 0 bridgehead atoms. The predicted molar refractivity (Wildman–Crippen MR) is 89.3 cm³/mol. The maximum atomic E-state index is 12.5. The fraction of sp³-hybridized carbons (Fsp3) is 0.444. The first-order valence-corrected chi connectivity index (χ1v) is 8.22. The van der Waals surface area contributed by atoms with Crippen LogP contribution >= 0.6 is 0 Å². The van der Waals surface area contributed by atoms with Gasteiger partial charge in [-0.05, 0) is 38.0 Å². The summed E-state index contributed by atoms with van der Waals surface area (Å²) < 4.78 is 5.82. The van der Waals surface area contributed by atoms with E-state index in [1.54, 1.807) is 6.20 Å². The molecule has 0 spiro atoms. The lowest BCUT2D eigenvalue weighted by Crippen LogP contribution is -2.42. The Balaban J connectivity index is 1.61. The SMILES string of the molecule is Cc1cc([C@@H]2CN(C(=O)CCc3cccnc3)CCO2)nc(C)n1. The first-order chi connectivity index (χ1) is 11.6. The molecule has 6 nitrogen and oxygen atoms in total. The standard InChI is InChI=1S/C18H22N4O2/c1-13-10-16(21-14(2)20-13)17-12-22(8-9-24-17)18(23)6-5-15-4-3-7-19-11-15/h3-4,7,10-11,17H,5-6,8-9,12H2,1-2H3/t17-/m0/s1. The van der Waals surface area contributed by atoms with Crippen molar-refractivity contribution in [3.8, 4) is 0 Å². The molecule has 1 fully saturated rings. The van der Waals surface area contributed by atoms with E-state index in [1.165, 1.54) is 0 Å². The van der Waals surface area contributed by atoms with E-state index in [4.69, 9.17) is 4.74 Å². The number of hydrogen-bond donors (Lipinski definition) is 0. The van der Waals surface area contributed by atoms with E-state index < -0.39 is 0 Å². The number of aromatic nitrogens is 3. The Hall–Kier alpha value is -2.34. The zero-order valence-corrected chi connectivity index (χ0v) is 14.1. The van der Waals surface area contributed by atoms with Crippen LogP contribution in [-0.4, -0.2) is 45.5 Å². The largest absolute Gasteiger partial charge is 0.368 e. The van der Waals surface area contributed by atoms with Gasteiger partial charge in [0.1, 0.15) is 11.9 Å². The molecule has 3 rings (SSSR count). The summed E-state index contributed by atoms with van der Waals surface area (Å²) in [7, 11) is 0. The van der Waals surface area contributed by atoms with E-state index in [1.807, 2.05) is 43.1 Å². The number of rotatable bonds is 4. The lowest BCUT2D eigenvalue weighted by atomic mass is 10.1. The third kappa shape index (κ3) is 4.14. The van der Waals surface area contributed by atoms with Gasteiger partial charge in [0, 0.05) is 31.1 Å². The van der Waals surface area contributed by atoms with Crippen LogP contribution in [0.4, 0.5) is 0 Å². The summed E-state index contributed by atoms with van der Waals surface area (Å²) in [5.41, 5.74) is 2.85. The van der Waals surface area contributed by atoms with Crippen molar-refractivity contribution in [3.63, 3.8) is 0 Å². The molecular formula is C18H22N4O2. The first kappa shape index (κ1) is 16.5. The highest BCUT2D eigenvalue weighted by Gasteiger charge is 2.26. The van der Waals surface area contributed by atoms with Crippen molar-refractivity contribution in [2.24, 2.45) is 0 Å². The summed E-state index contributed by atoms with van der Waals surface area (Å²) >= 11 is 0. The van der Waals surface area contributed by atoms with Crippen molar-refractivity contribution in [1.29, 1.82) is 0 Å². The molecule has 2 aromatic heterocycles. The molecule has 0 N–H and O–H groups in total. The minimum Gasteiger partial charge on any atom is -0.368 e. The molecule has 0 aliphatic carbocycles. The molecule has 24 heavy (non-hydrogen) atoms. The maximum Gasteiger partial charge on any atom is 0.223 e. The molecule has 1 amide bonds. The summed E-state index contributed by atoms with van der Waals surface area (Å²) in [6, 6.07) is 5.82. The smallest absolute Gasteiger partial charge is 0.223 e. The van der Waals surface area contributed by atoms with Gasteiger partial charge in [-0.25, -0.2) is 9.97 Å². The summed E-state index contributed by atoms with van der Waals surface area (Å²) in [4.78, 5) is 27.2. The quantitative estimate of drug-likeness (QED) is 0.860. The highest BCUT2D eigenvalue weighted by atomic mass is 16.5. The van der Waals surface area contributed by atoms with Crippen LogP contribution in [0.1, 0.15) is 35.3 Å². The van der Waals surface area contributed by atoms with Crippen molar-refractivity contribution in [1.82, 2.24) is 19.9 Å². The molecule has 1 aliphatic heterocycles. The van der Waals surface area contributed by atoms with Gasteiger partial charge in [-0.3, -0.25) is 9.78 Å². The molecule has 1 saturated heterocycles. The minimum absolute atomic E-state index is 0.148. The number of nitrogens with zero attached hydrogens (tertiary/aromatic N) is 4. The zero-order valence-electron chi connectivity index (χ0n) is 14.1. The van der Waals surface area contributed by atoms with Crippen molar-refractivity contribution in [2.45, 2.75) is 32.8 Å². The Morgan fingerprint density at radius 3 is 3.00 bits per heavy atom. The topological polar surface area (TPSA) is 68.2 Å². The second-order valence-corrected chi connectivity index (χ2v) is 6.04. The number of morpholine rings is 1. The minimum atomic E-state index is -0.179. The number of ether oxygens (including phenoxy) is 1. The van der Waals surface area contributed by atoms with Crippen LogP contribution in [0.25, 0.3) is 0 Å². The van der Waals surface area contributed by atoms with Crippen LogP contribution in [-0.2, 0) is 16.0 Å². The summed E-state index contributed by atoms with van der Waals surface area (Å²) in [5, 5.41) is 0. The van der Waals surface area contributed by atoms with E-state index in [-0.39, 0.29) is 12.0 Å². The zero-order chi connectivity index (χ0) is 16.9. The summed E-state index contributed by atoms with van der Waals surface area (Å²) in [6.45, 7) is 5.52. The van der Waals surface area contributed by atoms with E-state index in [9.17, 15) is 4.79 Å². The van der Waals surface area contributed by atoms with E-state index in [0.29, 0.717) is 32.5 Å². The third-order valence-corrected chi connectivity index (χ3v) is 4.09. The Bertz CT molecular complexity index is 685. The van der Waals surface area contributed by atoms with Crippen LogP contribution in [0.2, 0.25) is 0 Å². The number of carbonyl (C=O) groups excluding carboxylic acids is 1. The normalized spacial score (nSPS) is 17.8. The van der Waals surface area contributed by atoms with Gasteiger partial charge >= 0.3 is 0 Å². The highest BCUT2D eigenvalue weighted by Crippen LogP contribution is 2.22. The lowest BCUT2D eigenvalue weighted by molar-refractivity contribution is -0.139. The van der Waals surface area contributed by atoms with Crippen LogP contribution in [0, 0.1) is 13.8 Å². The summed E-state index contributed by atoms with van der Waals surface area (Å²) in [6.07, 6.45) is 4.56. The number of hydrogen-bond acceptors (Lipinski definition) is 5. The van der Waals surface area contributed by atoms with Gasteiger partial charge in [0.15, 0.2) is 0 Å². The lowest BCUT2D eigenvalue weighted by Gasteiger charge is -2.33. The molecule has 0 radical (unpaired) electrons. The molecule has 6 heteroatoms. The summed E-state index contributed by atoms with van der Waals surface area (Å²) in [5.74, 6) is 0.878. The molecule has 0 saturated carbocycles. The van der Waals surface area contributed by atoms with Gasteiger partial charge in [-0.1, -0.05) is 6.07 Å². The number of carbonyl (C=O) groups is 1. The third-order valence-electron chi connectivity index (χ3n) is 4.09. The number of amides is 1. The number of pyridine rings is 1. The molecule has 0 aromatic carbocycles. The van der Waals surface area contributed by atoms with Gasteiger partial charge in [0.05, 0.1) is 18.8 Å². The first-order valence-electron chi connectivity index (χ1n) is 8.22. The molecule has 2 aromatic rings. The highest BCUT2D eigenvalue weighted by molar-refractivity contribution is 5.76. The van der Waals surface area contributed by atoms with Crippen molar-refractivity contribution in [2.75, 3.05) is 19.7 Å². The van der Waals surface area contributed by atoms with Gasteiger partial charge in [0.25, 0.3) is 0 Å². The van der Waals surface area contributed by atoms with Crippen LogP contribution in [0.3, 0.4) is 0 Å². The predicted octanol–water partition coefficient (Wildman–Crippen LogP) is 2.02. The monoisotopic (exact) mass is 326 g/mol. The average molecular weight is 326 g/mol. The molecule has 1 atom stereocenters. The molecule has 126 valence electrons. The fourth-order valence-corrected chi connectivity index (χ4v) is 2.92. The van der Waals surface area contributed by atoms with E-state index in [0.717, 1.165) is 22.8 Å². The Morgan fingerprint density at radius 1 is 1.38 bits per heavy atom. The van der Waals surface area contributed by atoms with Gasteiger partial charge in [0.2, 0.25) is 5.91 Å². The van der Waals surface area contributed by atoms with Gasteiger partial charge in [-0.2, -0.15) is 0 Å². The van der Waals surface area contributed by atoms with Crippen molar-refractivity contribution < 1.29 is 9.53 Å². The second-order valence-electron chi connectivity index (χ2n) is 6.04. The van der Waals surface area contributed by atoms with Crippen molar-refractivity contribution >= 4 is 5.91 Å². The van der Waals surface area contributed by atoms with Crippen LogP contribution < -0.4 is 0 Å². The van der Waals surface area contributed by atoms with E-state index >= 15 is 0 Å². The Morgan fingerprint density at radius 2 is 2.25 bits per heavy atom.